The third-order valence-electron chi connectivity index (χ3n) is 5.80. The quantitative estimate of drug-likeness (QED) is 0.428. The fraction of sp³-hybridized carbons (Fsp3) is 0.240. The Morgan fingerprint density at radius 1 is 1.29 bits per heavy atom. The van der Waals surface area contributed by atoms with Gasteiger partial charge in [0.2, 0.25) is 0 Å². The van der Waals surface area contributed by atoms with Gasteiger partial charge in [-0.3, -0.25) is 4.79 Å². The van der Waals surface area contributed by atoms with Crippen molar-refractivity contribution in [1.82, 2.24) is 4.98 Å². The van der Waals surface area contributed by atoms with Crippen molar-refractivity contribution in [2.24, 2.45) is 5.92 Å². The summed E-state index contributed by atoms with van der Waals surface area (Å²) in [7, 11) is 0. The summed E-state index contributed by atoms with van der Waals surface area (Å²) in [6, 6.07) is 15.4. The van der Waals surface area contributed by atoms with Gasteiger partial charge in [0.1, 0.15) is 22.5 Å². The number of para-hydroxylation sites is 1. The van der Waals surface area contributed by atoms with Crippen molar-refractivity contribution in [2.75, 3.05) is 5.32 Å². The predicted molar refractivity (Wildman–Crippen MR) is 122 cm³/mol. The number of carbonyl (C=O) groups excluding carboxylic acids is 1. The Balaban J connectivity index is 1.57. The first-order valence-electron chi connectivity index (χ1n) is 10.4. The molecule has 31 heavy (non-hydrogen) atoms. The van der Waals surface area contributed by atoms with E-state index in [0.717, 1.165) is 41.5 Å². The van der Waals surface area contributed by atoms with E-state index in [9.17, 15) is 10.1 Å². The van der Waals surface area contributed by atoms with E-state index < -0.39 is 0 Å². The normalized spacial score (nSPS) is 15.5. The summed E-state index contributed by atoms with van der Waals surface area (Å²) in [5, 5.41) is 14.2. The highest BCUT2D eigenvalue weighted by Gasteiger charge is 2.25. The smallest absolute Gasteiger partial charge is 0.257 e. The van der Waals surface area contributed by atoms with E-state index in [1.54, 1.807) is 6.07 Å². The summed E-state index contributed by atoms with van der Waals surface area (Å²) in [5.74, 6) is 1.76. The second-order valence-corrected chi connectivity index (χ2v) is 9.21. The number of hydrogen-bond donors (Lipinski definition) is 1. The van der Waals surface area contributed by atoms with Crippen molar-refractivity contribution in [3.05, 3.63) is 69.8 Å². The summed E-state index contributed by atoms with van der Waals surface area (Å²) in [5.41, 5.74) is 3.56. The Hall–Kier alpha value is -3.43. The molecule has 4 aromatic rings. The van der Waals surface area contributed by atoms with Crippen LogP contribution in [-0.4, -0.2) is 10.9 Å². The maximum atomic E-state index is 13.4. The number of nitrogens with zero attached hydrogens (tertiary/aromatic N) is 2. The van der Waals surface area contributed by atoms with Gasteiger partial charge in [0.15, 0.2) is 5.76 Å². The highest BCUT2D eigenvalue weighted by atomic mass is 32.1. The molecular weight excluding hydrogens is 406 g/mol. The SMILES string of the molecule is Cc1ccc(-c2cc(C(=O)Nc3sc4c(c3C#N)CC[C@H](C)C4)c3ccccc3n2)o1. The summed E-state index contributed by atoms with van der Waals surface area (Å²) < 4.78 is 5.74. The molecule has 3 aromatic heterocycles. The number of furan rings is 1. The van der Waals surface area contributed by atoms with Crippen LogP contribution in [0.15, 0.2) is 46.9 Å². The molecule has 1 aromatic carbocycles. The summed E-state index contributed by atoms with van der Waals surface area (Å²) in [6.45, 7) is 4.11. The van der Waals surface area contributed by atoms with Crippen LogP contribution < -0.4 is 5.32 Å². The van der Waals surface area contributed by atoms with Gasteiger partial charge in [0.05, 0.1) is 16.6 Å². The molecule has 0 spiro atoms. The number of rotatable bonds is 3. The molecule has 0 aliphatic heterocycles. The summed E-state index contributed by atoms with van der Waals surface area (Å²) in [6.07, 6.45) is 2.93. The van der Waals surface area contributed by atoms with Gasteiger partial charge >= 0.3 is 0 Å². The fourth-order valence-electron chi connectivity index (χ4n) is 4.19. The lowest BCUT2D eigenvalue weighted by atomic mass is 9.88. The Morgan fingerprint density at radius 3 is 2.90 bits per heavy atom. The number of pyridine rings is 1. The Bertz CT molecular complexity index is 1360. The predicted octanol–water partition coefficient (Wildman–Crippen LogP) is 6.11. The van der Waals surface area contributed by atoms with E-state index in [4.69, 9.17) is 4.42 Å². The number of carbonyl (C=O) groups is 1. The molecule has 1 atom stereocenters. The number of amides is 1. The van der Waals surface area contributed by atoms with Crippen molar-refractivity contribution in [2.45, 2.75) is 33.1 Å². The fourth-order valence-corrected chi connectivity index (χ4v) is 5.55. The maximum Gasteiger partial charge on any atom is 0.257 e. The zero-order valence-corrected chi connectivity index (χ0v) is 18.2. The van der Waals surface area contributed by atoms with Gasteiger partial charge in [0, 0.05) is 10.3 Å². The molecule has 0 saturated carbocycles. The first kappa shape index (κ1) is 19.5. The van der Waals surface area contributed by atoms with Crippen LogP contribution in [0.5, 0.6) is 0 Å². The number of aromatic nitrogens is 1. The molecule has 5 nitrogen and oxygen atoms in total. The van der Waals surface area contributed by atoms with Gasteiger partial charge in [-0.2, -0.15) is 5.26 Å². The molecule has 0 radical (unpaired) electrons. The van der Waals surface area contributed by atoms with Crippen LogP contribution in [0.2, 0.25) is 0 Å². The van der Waals surface area contributed by atoms with E-state index >= 15 is 0 Å². The lowest BCUT2D eigenvalue weighted by molar-refractivity contribution is 0.102. The molecule has 1 aliphatic carbocycles. The number of anilines is 1. The van der Waals surface area contributed by atoms with Gasteiger partial charge in [0.25, 0.3) is 5.91 Å². The monoisotopic (exact) mass is 427 g/mol. The van der Waals surface area contributed by atoms with Crippen molar-refractivity contribution in [3.8, 4) is 17.5 Å². The Labute approximate surface area is 184 Å². The molecule has 0 fully saturated rings. The molecule has 3 heterocycles. The summed E-state index contributed by atoms with van der Waals surface area (Å²) in [4.78, 5) is 19.3. The molecule has 6 heteroatoms. The number of nitrogens with one attached hydrogen (secondary N) is 1. The number of fused-ring (bicyclic) bond motifs is 2. The zero-order chi connectivity index (χ0) is 21.5. The van der Waals surface area contributed by atoms with Crippen LogP contribution in [0.25, 0.3) is 22.4 Å². The molecule has 1 amide bonds. The highest BCUT2D eigenvalue weighted by Crippen LogP contribution is 2.39. The van der Waals surface area contributed by atoms with Crippen LogP contribution in [-0.2, 0) is 12.8 Å². The molecule has 0 unspecified atom stereocenters. The number of nitriles is 1. The average molecular weight is 428 g/mol. The topological polar surface area (TPSA) is 78.9 Å². The van der Waals surface area contributed by atoms with Gasteiger partial charge in [-0.1, -0.05) is 25.1 Å². The number of hydrogen-bond acceptors (Lipinski definition) is 5. The number of aryl methyl sites for hydroxylation is 1. The molecule has 1 aliphatic rings. The first-order chi connectivity index (χ1) is 15.0. The van der Waals surface area contributed by atoms with Crippen LogP contribution in [0, 0.1) is 24.2 Å². The van der Waals surface area contributed by atoms with Crippen molar-refractivity contribution in [3.63, 3.8) is 0 Å². The third kappa shape index (κ3) is 3.51. The van der Waals surface area contributed by atoms with Gasteiger partial charge in [-0.15, -0.1) is 11.3 Å². The largest absolute Gasteiger partial charge is 0.460 e. The van der Waals surface area contributed by atoms with E-state index in [2.05, 4.69) is 23.3 Å². The minimum atomic E-state index is -0.244. The standard InChI is InChI=1S/C25H21N3O2S/c1-14-7-9-17-19(13-26)25(31-23(17)11-14)28-24(29)18-12-21(22-10-8-15(2)30-22)27-20-6-4-3-5-16(18)20/h3-6,8,10,12,14H,7,9,11H2,1-2H3,(H,28,29)/t14-/m0/s1. The lowest BCUT2D eigenvalue weighted by Gasteiger charge is -2.17. The van der Waals surface area contributed by atoms with E-state index in [1.165, 1.54) is 16.2 Å². The molecule has 1 N–H and O–H groups in total. The Kier molecular flexibility index (Phi) is 4.84. The van der Waals surface area contributed by atoms with Crippen LogP contribution >= 0.6 is 11.3 Å². The van der Waals surface area contributed by atoms with Crippen molar-refractivity contribution >= 4 is 33.1 Å². The molecular formula is C25H21N3O2S. The molecule has 0 saturated heterocycles. The average Bonchev–Trinajstić information content (AvgIpc) is 3.35. The van der Waals surface area contributed by atoms with Gasteiger partial charge in [-0.05, 0) is 61.9 Å². The molecule has 154 valence electrons. The maximum absolute atomic E-state index is 13.4. The van der Waals surface area contributed by atoms with E-state index in [0.29, 0.717) is 33.5 Å². The number of benzene rings is 1. The minimum absolute atomic E-state index is 0.244. The molecule has 5 rings (SSSR count). The third-order valence-corrected chi connectivity index (χ3v) is 6.97. The zero-order valence-electron chi connectivity index (χ0n) is 17.4. The summed E-state index contributed by atoms with van der Waals surface area (Å²) >= 11 is 1.53. The van der Waals surface area contributed by atoms with Crippen LogP contribution in [0.1, 0.15) is 45.5 Å². The van der Waals surface area contributed by atoms with Gasteiger partial charge in [-0.25, -0.2) is 4.98 Å². The van der Waals surface area contributed by atoms with E-state index in [1.807, 2.05) is 43.3 Å². The van der Waals surface area contributed by atoms with Crippen LogP contribution in [0.4, 0.5) is 5.00 Å². The first-order valence-corrected chi connectivity index (χ1v) is 11.2. The van der Waals surface area contributed by atoms with Gasteiger partial charge < -0.3 is 9.73 Å². The van der Waals surface area contributed by atoms with Crippen LogP contribution in [0.3, 0.4) is 0 Å². The number of thiophene rings is 1. The van der Waals surface area contributed by atoms with Crippen molar-refractivity contribution in [1.29, 1.82) is 5.26 Å². The van der Waals surface area contributed by atoms with E-state index in [-0.39, 0.29) is 5.91 Å². The highest BCUT2D eigenvalue weighted by molar-refractivity contribution is 7.16. The lowest BCUT2D eigenvalue weighted by Crippen LogP contribution is -2.13. The second kappa shape index (κ2) is 7.68. The van der Waals surface area contributed by atoms with Crippen molar-refractivity contribution < 1.29 is 9.21 Å². The minimum Gasteiger partial charge on any atom is -0.460 e. The Morgan fingerprint density at radius 2 is 2.13 bits per heavy atom. The second-order valence-electron chi connectivity index (χ2n) is 8.10. The molecule has 0 bridgehead atoms.